The van der Waals surface area contributed by atoms with E-state index < -0.39 is 9.84 Å². The molecule has 1 aliphatic carbocycles. The molecule has 0 atom stereocenters. The highest BCUT2D eigenvalue weighted by Crippen LogP contribution is 2.24. The zero-order chi connectivity index (χ0) is 17.3. The van der Waals surface area contributed by atoms with Crippen LogP contribution in [0.1, 0.15) is 16.7 Å². The predicted octanol–water partition coefficient (Wildman–Crippen LogP) is 2.69. The van der Waals surface area contributed by atoms with E-state index in [4.69, 9.17) is 0 Å². The molecule has 5 nitrogen and oxygen atoms in total. The first-order valence-electron chi connectivity index (χ1n) is 7.78. The lowest BCUT2D eigenvalue weighted by atomic mass is 10.1. The molecule has 24 heavy (non-hydrogen) atoms. The van der Waals surface area contributed by atoms with Gasteiger partial charge in [0.05, 0.1) is 4.90 Å². The smallest absolute Gasteiger partial charge is 0.319 e. The molecule has 0 heterocycles. The Kier molecular flexibility index (Phi) is 4.32. The summed E-state index contributed by atoms with van der Waals surface area (Å²) in [5, 5.41) is 5.72. The van der Waals surface area contributed by atoms with E-state index in [9.17, 15) is 13.2 Å². The third-order valence-corrected chi connectivity index (χ3v) is 5.56. The first-order chi connectivity index (χ1) is 11.3. The van der Waals surface area contributed by atoms with E-state index in [0.717, 1.165) is 19.1 Å². The molecule has 2 aromatic rings. The lowest BCUT2D eigenvalue weighted by Crippen LogP contribution is -2.38. The Hall–Kier alpha value is -2.34. The van der Waals surface area contributed by atoms with Crippen LogP contribution in [0.5, 0.6) is 0 Å². The van der Waals surface area contributed by atoms with Gasteiger partial charge in [0, 0.05) is 18.0 Å². The van der Waals surface area contributed by atoms with Gasteiger partial charge in [-0.1, -0.05) is 30.3 Å². The fourth-order valence-corrected chi connectivity index (χ4v) is 4.15. The van der Waals surface area contributed by atoms with Gasteiger partial charge in [-0.2, -0.15) is 0 Å². The highest BCUT2D eigenvalue weighted by Gasteiger charge is 2.22. The Balaban J connectivity index is 1.69. The molecule has 0 unspecified atom stereocenters. The summed E-state index contributed by atoms with van der Waals surface area (Å²) in [5.41, 5.74) is 3.58. The van der Waals surface area contributed by atoms with Crippen LogP contribution in [0.3, 0.4) is 0 Å². The van der Waals surface area contributed by atoms with E-state index in [1.807, 2.05) is 12.1 Å². The van der Waals surface area contributed by atoms with Crippen molar-refractivity contribution in [2.45, 2.75) is 30.7 Å². The second-order valence-corrected chi connectivity index (χ2v) is 8.16. The van der Waals surface area contributed by atoms with E-state index in [0.29, 0.717) is 11.3 Å². The summed E-state index contributed by atoms with van der Waals surface area (Å²) in [6.45, 7) is 1.69. The number of hydrogen-bond acceptors (Lipinski definition) is 3. The molecule has 2 N–H and O–H groups in total. The fourth-order valence-electron chi connectivity index (χ4n) is 3.16. The normalized spacial score (nSPS) is 14.2. The Bertz CT molecular complexity index is 866. The number of sulfone groups is 1. The predicted molar refractivity (Wildman–Crippen MR) is 94.1 cm³/mol. The molecule has 0 aromatic heterocycles. The number of amides is 2. The van der Waals surface area contributed by atoms with Crippen molar-refractivity contribution in [1.82, 2.24) is 5.32 Å². The van der Waals surface area contributed by atoms with Crippen LogP contribution < -0.4 is 10.6 Å². The lowest BCUT2D eigenvalue weighted by molar-refractivity contribution is 0.249. The number of anilines is 1. The van der Waals surface area contributed by atoms with Crippen molar-refractivity contribution in [2.75, 3.05) is 11.6 Å². The minimum atomic E-state index is -3.32. The summed E-state index contributed by atoms with van der Waals surface area (Å²) in [4.78, 5) is 12.5. The third kappa shape index (κ3) is 3.43. The molecule has 0 saturated heterocycles. The monoisotopic (exact) mass is 344 g/mol. The number of hydrogen-bond donors (Lipinski definition) is 2. The quantitative estimate of drug-likeness (QED) is 0.899. The van der Waals surface area contributed by atoms with Crippen LogP contribution in [-0.4, -0.2) is 26.7 Å². The van der Waals surface area contributed by atoms with Gasteiger partial charge >= 0.3 is 6.03 Å². The van der Waals surface area contributed by atoms with Crippen molar-refractivity contribution >= 4 is 21.6 Å². The molecule has 2 aromatic carbocycles. The molecule has 0 radical (unpaired) electrons. The standard InChI is InChI=1S/C18H20N2O3S/c1-12-16(8-5-9-17(12)24(2,22)23)20-18(21)19-15-10-13-6-3-4-7-14(13)11-15/h3-9,15H,10-11H2,1-2H3,(H2,19,20,21). The molecule has 0 bridgehead atoms. The van der Waals surface area contributed by atoms with Gasteiger partial charge < -0.3 is 10.6 Å². The van der Waals surface area contributed by atoms with Crippen LogP contribution in [0.4, 0.5) is 10.5 Å². The number of benzene rings is 2. The number of rotatable bonds is 3. The Morgan fingerprint density at radius 2 is 1.67 bits per heavy atom. The van der Waals surface area contributed by atoms with Crippen molar-refractivity contribution in [3.63, 3.8) is 0 Å². The Morgan fingerprint density at radius 1 is 1.04 bits per heavy atom. The maximum Gasteiger partial charge on any atom is 0.319 e. The zero-order valence-corrected chi connectivity index (χ0v) is 14.5. The number of carbonyl (C=O) groups is 1. The number of fused-ring (bicyclic) bond motifs is 1. The van der Waals surface area contributed by atoms with Crippen molar-refractivity contribution in [1.29, 1.82) is 0 Å². The van der Waals surface area contributed by atoms with E-state index >= 15 is 0 Å². The molecule has 0 aliphatic heterocycles. The molecular weight excluding hydrogens is 324 g/mol. The lowest BCUT2D eigenvalue weighted by Gasteiger charge is -2.15. The molecule has 0 saturated carbocycles. The second kappa shape index (κ2) is 6.28. The fraction of sp³-hybridized carbons (Fsp3) is 0.278. The van der Waals surface area contributed by atoms with Crippen molar-refractivity contribution in [3.05, 3.63) is 59.2 Å². The second-order valence-electron chi connectivity index (χ2n) is 6.17. The van der Waals surface area contributed by atoms with Gasteiger partial charge in [-0.05, 0) is 48.6 Å². The highest BCUT2D eigenvalue weighted by molar-refractivity contribution is 7.90. The van der Waals surface area contributed by atoms with Crippen LogP contribution in [0, 0.1) is 6.92 Å². The van der Waals surface area contributed by atoms with Gasteiger partial charge in [0.15, 0.2) is 9.84 Å². The number of urea groups is 1. The summed E-state index contributed by atoms with van der Waals surface area (Å²) in [7, 11) is -3.32. The maximum atomic E-state index is 12.3. The molecule has 3 rings (SSSR count). The highest BCUT2D eigenvalue weighted by atomic mass is 32.2. The van der Waals surface area contributed by atoms with Gasteiger partial charge in [0.25, 0.3) is 0 Å². The summed E-state index contributed by atoms with van der Waals surface area (Å²) in [5.74, 6) is 0. The average molecular weight is 344 g/mol. The van der Waals surface area contributed by atoms with Gasteiger partial charge in [-0.15, -0.1) is 0 Å². The molecular formula is C18H20N2O3S. The first-order valence-corrected chi connectivity index (χ1v) is 9.67. The first kappa shape index (κ1) is 16.5. The van der Waals surface area contributed by atoms with Crippen LogP contribution in [-0.2, 0) is 22.7 Å². The minimum Gasteiger partial charge on any atom is -0.334 e. The minimum absolute atomic E-state index is 0.0563. The maximum absolute atomic E-state index is 12.3. The summed E-state index contributed by atoms with van der Waals surface area (Å²) in [6, 6.07) is 12.8. The molecule has 0 fully saturated rings. The van der Waals surface area contributed by atoms with Gasteiger partial charge in [0.2, 0.25) is 0 Å². The van der Waals surface area contributed by atoms with E-state index in [-0.39, 0.29) is 17.0 Å². The van der Waals surface area contributed by atoms with Gasteiger partial charge in [-0.25, -0.2) is 13.2 Å². The topological polar surface area (TPSA) is 75.3 Å². The van der Waals surface area contributed by atoms with Gasteiger partial charge in [0.1, 0.15) is 0 Å². The van der Waals surface area contributed by atoms with Crippen LogP contribution >= 0.6 is 0 Å². The van der Waals surface area contributed by atoms with Crippen LogP contribution in [0.25, 0.3) is 0 Å². The molecule has 6 heteroatoms. The Morgan fingerprint density at radius 3 is 2.25 bits per heavy atom. The van der Waals surface area contributed by atoms with E-state index in [1.54, 1.807) is 25.1 Å². The van der Waals surface area contributed by atoms with Gasteiger partial charge in [-0.3, -0.25) is 0 Å². The molecule has 2 amide bonds. The van der Waals surface area contributed by atoms with Crippen molar-refractivity contribution in [3.8, 4) is 0 Å². The van der Waals surface area contributed by atoms with Crippen LogP contribution in [0.2, 0.25) is 0 Å². The van der Waals surface area contributed by atoms with E-state index in [1.165, 1.54) is 11.1 Å². The zero-order valence-electron chi connectivity index (χ0n) is 13.7. The largest absolute Gasteiger partial charge is 0.334 e. The average Bonchev–Trinajstić information content (AvgIpc) is 2.90. The summed E-state index contributed by atoms with van der Waals surface area (Å²) in [6.07, 6.45) is 2.78. The molecule has 1 aliphatic rings. The van der Waals surface area contributed by atoms with E-state index in [2.05, 4.69) is 22.8 Å². The van der Waals surface area contributed by atoms with Crippen molar-refractivity contribution < 1.29 is 13.2 Å². The van der Waals surface area contributed by atoms with Crippen molar-refractivity contribution in [2.24, 2.45) is 0 Å². The van der Waals surface area contributed by atoms with Crippen LogP contribution in [0.15, 0.2) is 47.4 Å². The third-order valence-electron chi connectivity index (χ3n) is 4.32. The number of carbonyl (C=O) groups excluding carboxylic acids is 1. The summed E-state index contributed by atoms with van der Waals surface area (Å²) >= 11 is 0. The molecule has 0 spiro atoms. The SMILES string of the molecule is Cc1c(NC(=O)NC2Cc3ccccc3C2)cccc1S(C)(=O)=O. The Labute approximate surface area is 142 Å². The summed E-state index contributed by atoms with van der Waals surface area (Å²) < 4.78 is 23.5. The number of nitrogens with one attached hydrogen (secondary N) is 2. The molecule has 126 valence electrons.